The first-order chi connectivity index (χ1) is 9.92. The van der Waals surface area contributed by atoms with Crippen LogP contribution in [0.4, 0.5) is 13.2 Å². The molecule has 0 aliphatic carbocycles. The summed E-state index contributed by atoms with van der Waals surface area (Å²) in [4.78, 5) is 11.6. The summed E-state index contributed by atoms with van der Waals surface area (Å²) < 4.78 is 64.0. The summed E-state index contributed by atoms with van der Waals surface area (Å²) in [6.45, 7) is 3.84. The largest absolute Gasteiger partial charge is 0.534 e. The molecule has 0 aliphatic rings. The van der Waals surface area contributed by atoms with Crippen molar-refractivity contribution in [2.75, 3.05) is 0 Å². The number of hydrogen-bond acceptors (Lipinski definition) is 4. The Balaban J connectivity index is 3.73. The number of hydrogen-bond donors (Lipinski definition) is 0. The van der Waals surface area contributed by atoms with Crippen LogP contribution in [0.2, 0.25) is 5.02 Å². The fraction of sp³-hybridized carbons (Fsp3) is 0.308. The molecule has 9 heteroatoms. The van der Waals surface area contributed by atoms with Gasteiger partial charge in [0.05, 0.1) is 11.1 Å². The third-order valence-electron chi connectivity index (χ3n) is 2.58. The van der Waals surface area contributed by atoms with Gasteiger partial charge in [0.1, 0.15) is 0 Å². The first kappa shape index (κ1) is 18.3. The molecule has 0 saturated carbocycles. The second-order valence-electron chi connectivity index (χ2n) is 4.15. The Labute approximate surface area is 130 Å². The van der Waals surface area contributed by atoms with Gasteiger partial charge in [-0.25, -0.2) is 0 Å². The van der Waals surface area contributed by atoms with Gasteiger partial charge in [-0.2, -0.15) is 21.6 Å². The molecule has 1 rings (SSSR count). The van der Waals surface area contributed by atoms with Crippen molar-refractivity contribution in [3.8, 4) is 17.6 Å². The number of ketones is 1. The van der Waals surface area contributed by atoms with Crippen LogP contribution in [0.15, 0.2) is 6.07 Å². The maximum absolute atomic E-state index is 12.5. The van der Waals surface area contributed by atoms with Crippen molar-refractivity contribution in [3.05, 3.63) is 27.8 Å². The van der Waals surface area contributed by atoms with E-state index in [4.69, 9.17) is 11.6 Å². The van der Waals surface area contributed by atoms with Crippen molar-refractivity contribution in [2.45, 2.75) is 26.3 Å². The van der Waals surface area contributed by atoms with Crippen molar-refractivity contribution in [2.24, 2.45) is 0 Å². The molecular weight excluding hydrogens is 345 g/mol. The van der Waals surface area contributed by atoms with Crippen molar-refractivity contribution < 1.29 is 30.6 Å². The quantitative estimate of drug-likeness (QED) is 0.361. The Bertz CT molecular complexity index is 786. The summed E-state index contributed by atoms with van der Waals surface area (Å²) in [6, 6.07) is 1.04. The van der Waals surface area contributed by atoms with Crippen LogP contribution in [0.3, 0.4) is 0 Å². The van der Waals surface area contributed by atoms with E-state index in [0.717, 1.165) is 13.0 Å². The minimum Gasteiger partial charge on any atom is -0.374 e. The Hall–Kier alpha value is -1.72. The Morgan fingerprint density at radius 3 is 2.32 bits per heavy atom. The van der Waals surface area contributed by atoms with E-state index in [-0.39, 0.29) is 16.1 Å². The maximum Gasteiger partial charge on any atom is 0.534 e. The first-order valence-corrected chi connectivity index (χ1v) is 7.48. The van der Waals surface area contributed by atoms with Crippen LogP contribution in [0.5, 0.6) is 5.75 Å². The van der Waals surface area contributed by atoms with Crippen molar-refractivity contribution in [3.63, 3.8) is 0 Å². The zero-order valence-corrected chi connectivity index (χ0v) is 13.2. The van der Waals surface area contributed by atoms with Crippen LogP contribution >= 0.6 is 11.6 Å². The van der Waals surface area contributed by atoms with Gasteiger partial charge >= 0.3 is 15.6 Å². The molecule has 0 bridgehead atoms. The van der Waals surface area contributed by atoms with Gasteiger partial charge in [0.25, 0.3) is 0 Å². The highest BCUT2D eigenvalue weighted by atomic mass is 35.5. The van der Waals surface area contributed by atoms with Gasteiger partial charge in [-0.3, -0.25) is 4.79 Å². The molecule has 0 aromatic heterocycles. The highest BCUT2D eigenvalue weighted by Gasteiger charge is 2.49. The van der Waals surface area contributed by atoms with Crippen LogP contribution in [0.25, 0.3) is 0 Å². The van der Waals surface area contributed by atoms with Gasteiger partial charge < -0.3 is 4.18 Å². The maximum atomic E-state index is 12.5. The third-order valence-corrected chi connectivity index (χ3v) is 3.93. The molecule has 22 heavy (non-hydrogen) atoms. The number of benzene rings is 1. The average Bonchev–Trinajstić information content (AvgIpc) is 2.36. The molecule has 0 N–H and O–H groups in total. The van der Waals surface area contributed by atoms with Crippen LogP contribution in [-0.2, 0) is 10.1 Å². The minimum absolute atomic E-state index is 0.0553. The van der Waals surface area contributed by atoms with E-state index in [1.165, 1.54) is 13.8 Å². The second kappa shape index (κ2) is 6.18. The average molecular weight is 355 g/mol. The predicted octanol–water partition coefficient (Wildman–Crippen LogP) is 3.45. The zero-order valence-electron chi connectivity index (χ0n) is 11.6. The number of carbonyl (C=O) groups is 1. The fourth-order valence-corrected chi connectivity index (χ4v) is 2.20. The van der Waals surface area contributed by atoms with Crippen LogP contribution in [0.1, 0.15) is 35.3 Å². The van der Waals surface area contributed by atoms with Crippen molar-refractivity contribution in [1.82, 2.24) is 0 Å². The SMILES string of the molecule is CC#Cc1c(C)c(Cl)cc(C(C)=O)c1OS(=O)(=O)C(F)(F)F. The van der Waals surface area contributed by atoms with Gasteiger partial charge in [-0.15, -0.1) is 5.92 Å². The van der Waals surface area contributed by atoms with Crippen LogP contribution in [0, 0.1) is 18.8 Å². The van der Waals surface area contributed by atoms with Gasteiger partial charge in [0, 0.05) is 5.02 Å². The lowest BCUT2D eigenvalue weighted by Crippen LogP contribution is -2.29. The fourth-order valence-electron chi connectivity index (χ4n) is 1.51. The molecule has 0 radical (unpaired) electrons. The third kappa shape index (κ3) is 3.54. The lowest BCUT2D eigenvalue weighted by atomic mass is 10.0. The molecule has 1 aromatic rings. The van der Waals surface area contributed by atoms with E-state index in [9.17, 15) is 26.4 Å². The number of Topliss-reactive ketones (excluding diaryl/α,β-unsaturated/α-hetero) is 1. The number of halogens is 4. The normalized spacial score (nSPS) is 11.6. The summed E-state index contributed by atoms with van der Waals surface area (Å²) >= 11 is 5.88. The number of alkyl halides is 3. The van der Waals surface area contributed by atoms with E-state index in [1.807, 2.05) is 0 Å². The Morgan fingerprint density at radius 2 is 1.91 bits per heavy atom. The molecule has 0 atom stereocenters. The van der Waals surface area contributed by atoms with E-state index in [0.29, 0.717) is 0 Å². The lowest BCUT2D eigenvalue weighted by Gasteiger charge is -2.15. The molecule has 1 aromatic carbocycles. The molecule has 0 aliphatic heterocycles. The highest BCUT2D eigenvalue weighted by molar-refractivity contribution is 7.88. The molecule has 0 spiro atoms. The van der Waals surface area contributed by atoms with Gasteiger partial charge in [-0.05, 0) is 32.4 Å². The zero-order chi connectivity index (χ0) is 17.3. The Morgan fingerprint density at radius 1 is 1.36 bits per heavy atom. The van der Waals surface area contributed by atoms with Crippen molar-refractivity contribution in [1.29, 1.82) is 0 Å². The smallest absolute Gasteiger partial charge is 0.374 e. The van der Waals surface area contributed by atoms with E-state index < -0.39 is 32.7 Å². The summed E-state index contributed by atoms with van der Waals surface area (Å²) in [5, 5.41) is 0.0553. The van der Waals surface area contributed by atoms with Gasteiger partial charge in [0.15, 0.2) is 11.5 Å². The predicted molar refractivity (Wildman–Crippen MR) is 74.3 cm³/mol. The second-order valence-corrected chi connectivity index (χ2v) is 6.09. The molecule has 0 heterocycles. The molecule has 120 valence electrons. The number of carbonyl (C=O) groups excluding carboxylic acids is 1. The molecule has 0 fully saturated rings. The minimum atomic E-state index is -5.94. The standard InChI is InChI=1S/C13H10ClF3O4S/c1-4-5-9-7(2)11(14)6-10(8(3)18)12(9)21-22(19,20)13(15,16)17/h6H,1-3H3. The molecule has 0 amide bonds. The van der Waals surface area contributed by atoms with E-state index >= 15 is 0 Å². The van der Waals surface area contributed by atoms with E-state index in [2.05, 4.69) is 16.0 Å². The summed E-state index contributed by atoms with van der Waals surface area (Å²) in [5.74, 6) is 3.33. The van der Waals surface area contributed by atoms with Crippen molar-refractivity contribution >= 4 is 27.5 Å². The number of rotatable bonds is 3. The molecular formula is C13H10ClF3O4S. The summed E-state index contributed by atoms with van der Waals surface area (Å²) in [6.07, 6.45) is 0. The Kier molecular flexibility index (Phi) is 5.15. The molecule has 0 unspecified atom stereocenters. The van der Waals surface area contributed by atoms with E-state index in [1.54, 1.807) is 0 Å². The van der Waals surface area contributed by atoms with Gasteiger partial charge in [-0.1, -0.05) is 17.5 Å². The monoisotopic (exact) mass is 354 g/mol. The van der Waals surface area contributed by atoms with Crippen LogP contribution < -0.4 is 4.18 Å². The molecule has 0 saturated heterocycles. The first-order valence-electron chi connectivity index (χ1n) is 5.70. The summed E-state index contributed by atoms with van der Waals surface area (Å²) in [5.41, 5.74) is -6.02. The summed E-state index contributed by atoms with van der Waals surface area (Å²) in [7, 11) is -5.94. The van der Waals surface area contributed by atoms with Gasteiger partial charge in [0.2, 0.25) is 0 Å². The highest BCUT2D eigenvalue weighted by Crippen LogP contribution is 2.36. The lowest BCUT2D eigenvalue weighted by molar-refractivity contribution is -0.0500. The molecule has 4 nitrogen and oxygen atoms in total. The van der Waals surface area contributed by atoms with Crippen LogP contribution in [-0.4, -0.2) is 19.7 Å². The topological polar surface area (TPSA) is 60.4 Å².